The molecular formula is C20H21F2N5O2. The van der Waals surface area contributed by atoms with Crippen molar-refractivity contribution in [2.75, 3.05) is 13.1 Å². The molecule has 3 aliphatic carbocycles. The highest BCUT2D eigenvalue weighted by Crippen LogP contribution is 2.62. The molecule has 0 aromatic carbocycles. The number of halogens is 2. The lowest BCUT2D eigenvalue weighted by molar-refractivity contribution is -0.172. The third-order valence-corrected chi connectivity index (χ3v) is 6.78. The van der Waals surface area contributed by atoms with Crippen molar-refractivity contribution >= 4 is 23.0 Å². The summed E-state index contributed by atoms with van der Waals surface area (Å²) < 4.78 is 26.5. The molecule has 0 bridgehead atoms. The highest BCUT2D eigenvalue weighted by Gasteiger charge is 2.70. The zero-order chi connectivity index (χ0) is 20.0. The Morgan fingerprint density at radius 3 is 2.62 bits per heavy atom. The van der Waals surface area contributed by atoms with Crippen molar-refractivity contribution in [1.29, 1.82) is 0 Å². The second-order valence-corrected chi connectivity index (χ2v) is 9.03. The normalized spacial score (nSPS) is 30.1. The minimum atomic E-state index is -2.78. The zero-order valence-corrected chi connectivity index (χ0v) is 15.8. The monoisotopic (exact) mass is 401 g/mol. The van der Waals surface area contributed by atoms with E-state index >= 15 is 0 Å². The van der Waals surface area contributed by atoms with Crippen molar-refractivity contribution in [1.82, 2.24) is 25.2 Å². The van der Waals surface area contributed by atoms with Crippen LogP contribution in [0, 0.1) is 11.3 Å². The molecule has 4 fully saturated rings. The molecule has 2 aromatic rings. The smallest absolute Gasteiger partial charge is 0.282 e. The Morgan fingerprint density at radius 2 is 1.97 bits per heavy atom. The predicted octanol–water partition coefficient (Wildman–Crippen LogP) is 2.21. The Hall–Kier alpha value is -2.58. The van der Waals surface area contributed by atoms with E-state index in [0.717, 1.165) is 31.4 Å². The van der Waals surface area contributed by atoms with Crippen LogP contribution >= 0.6 is 0 Å². The maximum atomic E-state index is 13.2. The third-order valence-electron chi connectivity index (χ3n) is 6.78. The summed E-state index contributed by atoms with van der Waals surface area (Å²) in [5.74, 6) is -2.70. The number of carbonyl (C=O) groups is 2. The van der Waals surface area contributed by atoms with Crippen LogP contribution in [0.2, 0.25) is 0 Å². The molecule has 0 radical (unpaired) electrons. The lowest BCUT2D eigenvalue weighted by Crippen LogP contribution is -2.61. The van der Waals surface area contributed by atoms with E-state index < -0.39 is 24.4 Å². The van der Waals surface area contributed by atoms with Gasteiger partial charge in [-0.1, -0.05) is 0 Å². The molecule has 3 saturated carbocycles. The summed E-state index contributed by atoms with van der Waals surface area (Å²) in [7, 11) is 0. The van der Waals surface area contributed by atoms with Gasteiger partial charge in [0.05, 0.1) is 36.0 Å². The average Bonchev–Trinajstić information content (AvgIpc) is 3.52. The van der Waals surface area contributed by atoms with Crippen LogP contribution in [0.4, 0.5) is 8.78 Å². The van der Waals surface area contributed by atoms with E-state index in [9.17, 15) is 18.4 Å². The summed E-state index contributed by atoms with van der Waals surface area (Å²) >= 11 is 0. The van der Waals surface area contributed by atoms with E-state index in [1.165, 1.54) is 4.90 Å². The first kappa shape index (κ1) is 17.3. The van der Waals surface area contributed by atoms with E-state index in [1.807, 2.05) is 0 Å². The molecule has 3 heterocycles. The molecule has 9 heteroatoms. The van der Waals surface area contributed by atoms with Gasteiger partial charge in [-0.25, -0.2) is 18.7 Å². The number of nitrogens with zero attached hydrogens (tertiary/aromatic N) is 3. The number of hydrogen-bond acceptors (Lipinski definition) is 4. The molecule has 2 unspecified atom stereocenters. The molecule has 7 nitrogen and oxygen atoms in total. The van der Waals surface area contributed by atoms with Crippen molar-refractivity contribution in [3.05, 3.63) is 23.7 Å². The van der Waals surface area contributed by atoms with Gasteiger partial charge in [-0.2, -0.15) is 0 Å². The summed E-state index contributed by atoms with van der Waals surface area (Å²) in [6.07, 6.45) is 7.86. The number of carbonyl (C=O) groups excluding carboxylic acids is 2. The molecule has 4 aliphatic rings. The quantitative estimate of drug-likeness (QED) is 0.804. The van der Waals surface area contributed by atoms with Crippen LogP contribution in [0.5, 0.6) is 0 Å². The van der Waals surface area contributed by atoms with E-state index in [2.05, 4.69) is 20.3 Å². The Balaban J connectivity index is 1.21. The van der Waals surface area contributed by atoms with Crippen LogP contribution in [0.1, 0.15) is 54.1 Å². The van der Waals surface area contributed by atoms with Crippen molar-refractivity contribution in [2.24, 2.45) is 11.3 Å². The molecule has 2 N–H and O–H groups in total. The number of nitrogens with one attached hydrogen (secondary N) is 2. The van der Waals surface area contributed by atoms with E-state index in [0.29, 0.717) is 29.1 Å². The number of aromatic nitrogens is 3. The number of hydrogen-bond donors (Lipinski definition) is 2. The SMILES string of the molecule is O=C(NC1CC1(C(=O)N1CC(F)(F)C1)C1CC1)c1c[nH]c2ncc(C3CC3)nc12. The molecule has 1 aliphatic heterocycles. The first-order chi connectivity index (χ1) is 13.9. The fourth-order valence-corrected chi connectivity index (χ4v) is 4.76. The van der Waals surface area contributed by atoms with Crippen molar-refractivity contribution in [3.63, 3.8) is 0 Å². The van der Waals surface area contributed by atoms with Crippen LogP contribution in [-0.2, 0) is 4.79 Å². The number of aromatic amines is 1. The highest BCUT2D eigenvalue weighted by molar-refractivity contribution is 6.05. The van der Waals surface area contributed by atoms with E-state index in [-0.39, 0.29) is 23.8 Å². The van der Waals surface area contributed by atoms with Crippen molar-refractivity contribution in [3.8, 4) is 0 Å². The number of rotatable bonds is 5. The van der Waals surface area contributed by atoms with Gasteiger partial charge in [0.2, 0.25) is 5.91 Å². The number of fused-ring (bicyclic) bond motifs is 1. The molecule has 1 saturated heterocycles. The fraction of sp³-hybridized carbons (Fsp3) is 0.600. The van der Waals surface area contributed by atoms with Crippen LogP contribution < -0.4 is 5.32 Å². The van der Waals surface area contributed by atoms with Crippen LogP contribution in [0.25, 0.3) is 11.2 Å². The first-order valence-electron chi connectivity index (χ1n) is 10.2. The summed E-state index contributed by atoms with van der Waals surface area (Å²) in [5, 5.41) is 2.97. The van der Waals surface area contributed by atoms with Crippen LogP contribution in [-0.4, -0.2) is 56.7 Å². The Bertz CT molecular complexity index is 1040. The Morgan fingerprint density at radius 1 is 1.21 bits per heavy atom. The molecule has 2 amide bonds. The Kier molecular flexibility index (Phi) is 3.29. The van der Waals surface area contributed by atoms with Gasteiger partial charge < -0.3 is 15.2 Å². The number of alkyl halides is 2. The maximum Gasteiger partial charge on any atom is 0.282 e. The molecule has 2 aromatic heterocycles. The van der Waals surface area contributed by atoms with Crippen molar-refractivity contribution < 1.29 is 18.4 Å². The minimum Gasteiger partial charge on any atom is -0.348 e. The molecule has 152 valence electrons. The second kappa shape index (κ2) is 5.52. The maximum absolute atomic E-state index is 13.2. The molecule has 0 spiro atoms. The van der Waals surface area contributed by atoms with Gasteiger partial charge in [0.15, 0.2) is 5.65 Å². The molecule has 2 atom stereocenters. The summed E-state index contributed by atoms with van der Waals surface area (Å²) in [4.78, 5) is 39.0. The summed E-state index contributed by atoms with van der Waals surface area (Å²) in [5.41, 5.74) is 1.71. The number of likely N-dealkylation sites (tertiary alicyclic amines) is 1. The highest BCUT2D eigenvalue weighted by atomic mass is 19.3. The topological polar surface area (TPSA) is 91.0 Å². The minimum absolute atomic E-state index is 0.179. The molecular weight excluding hydrogens is 380 g/mol. The number of H-pyrrole nitrogens is 1. The summed E-state index contributed by atoms with van der Waals surface area (Å²) in [6.45, 7) is -1.02. The van der Waals surface area contributed by atoms with Crippen LogP contribution in [0.15, 0.2) is 12.4 Å². The largest absolute Gasteiger partial charge is 0.348 e. The van der Waals surface area contributed by atoms with Gasteiger partial charge in [-0.15, -0.1) is 0 Å². The summed E-state index contributed by atoms with van der Waals surface area (Å²) in [6, 6.07) is -0.311. The van der Waals surface area contributed by atoms with Gasteiger partial charge in [0.25, 0.3) is 11.8 Å². The molecule has 6 rings (SSSR count). The standard InChI is InChI=1S/C20H21F2N5O2/c21-19(22)8-27(9-19)18(29)20(11-3-4-11)5-14(20)26-17(28)12-6-23-16-15(12)25-13(7-24-16)10-1-2-10/h6-7,10-11,14H,1-5,8-9H2,(H,23,24)(H,26,28). The van der Waals surface area contributed by atoms with Crippen molar-refractivity contribution in [2.45, 2.75) is 50.0 Å². The number of amides is 2. The van der Waals surface area contributed by atoms with Gasteiger partial charge in [0, 0.05) is 18.2 Å². The van der Waals surface area contributed by atoms with E-state index in [1.54, 1.807) is 12.4 Å². The van der Waals surface area contributed by atoms with Gasteiger partial charge in [-0.05, 0) is 38.0 Å². The second-order valence-electron chi connectivity index (χ2n) is 9.03. The fourth-order valence-electron chi connectivity index (χ4n) is 4.76. The predicted molar refractivity (Wildman–Crippen MR) is 98.4 cm³/mol. The van der Waals surface area contributed by atoms with Gasteiger partial charge in [-0.3, -0.25) is 9.59 Å². The molecule has 29 heavy (non-hydrogen) atoms. The van der Waals surface area contributed by atoms with E-state index in [4.69, 9.17) is 0 Å². The Labute approximate surface area is 165 Å². The zero-order valence-electron chi connectivity index (χ0n) is 15.8. The lowest BCUT2D eigenvalue weighted by Gasteiger charge is -2.41. The van der Waals surface area contributed by atoms with Gasteiger partial charge >= 0.3 is 0 Å². The average molecular weight is 401 g/mol. The first-order valence-corrected chi connectivity index (χ1v) is 10.2. The third kappa shape index (κ3) is 2.66. The van der Waals surface area contributed by atoms with Gasteiger partial charge in [0.1, 0.15) is 5.52 Å². The van der Waals surface area contributed by atoms with Crippen LogP contribution in [0.3, 0.4) is 0 Å². The lowest BCUT2D eigenvalue weighted by atomic mass is 9.94.